The lowest BCUT2D eigenvalue weighted by atomic mass is 10.1. The first-order chi connectivity index (χ1) is 15.5. The molecule has 1 atom stereocenters. The van der Waals surface area contributed by atoms with E-state index in [0.717, 1.165) is 41.8 Å². The van der Waals surface area contributed by atoms with Gasteiger partial charge in [0.15, 0.2) is 5.82 Å². The smallest absolute Gasteiger partial charge is 0.407 e. The number of para-hydroxylation sites is 1. The molecule has 2 N–H and O–H groups in total. The number of hydrogen-bond donors (Lipinski definition) is 2. The van der Waals surface area contributed by atoms with Gasteiger partial charge in [-0.05, 0) is 49.1 Å². The third-order valence-corrected chi connectivity index (χ3v) is 5.62. The lowest BCUT2D eigenvalue weighted by Crippen LogP contribution is -2.32. The molecule has 1 aromatic heterocycles. The summed E-state index contributed by atoms with van der Waals surface area (Å²) in [6.45, 7) is 4.77. The van der Waals surface area contributed by atoms with E-state index in [2.05, 4.69) is 16.3 Å². The Balaban J connectivity index is 0.00000306. The lowest BCUT2D eigenvalue weighted by Gasteiger charge is -2.21. The number of methoxy groups -OCH3 is 1. The molecule has 0 radical (unpaired) electrons. The number of benzene rings is 2. The van der Waals surface area contributed by atoms with Crippen molar-refractivity contribution in [3.8, 4) is 17.1 Å². The molecule has 0 spiro atoms. The summed E-state index contributed by atoms with van der Waals surface area (Å²) in [5, 5.41) is 14.1. The fourth-order valence-corrected chi connectivity index (χ4v) is 3.94. The number of amides is 1. The van der Waals surface area contributed by atoms with Gasteiger partial charge in [-0.2, -0.15) is 0 Å². The molecular weight excluding hydrogens is 444 g/mol. The van der Waals surface area contributed by atoms with Crippen molar-refractivity contribution < 1.29 is 19.4 Å². The van der Waals surface area contributed by atoms with Crippen LogP contribution in [0.2, 0.25) is 0 Å². The van der Waals surface area contributed by atoms with E-state index in [4.69, 9.17) is 19.4 Å². The van der Waals surface area contributed by atoms with Gasteiger partial charge in [-0.1, -0.05) is 18.2 Å². The highest BCUT2D eigenvalue weighted by molar-refractivity contribution is 5.92. The summed E-state index contributed by atoms with van der Waals surface area (Å²) in [4.78, 5) is 23.6. The highest BCUT2D eigenvalue weighted by Crippen LogP contribution is 2.33. The van der Waals surface area contributed by atoms with Crippen LogP contribution in [0.1, 0.15) is 12.0 Å². The van der Waals surface area contributed by atoms with Gasteiger partial charge in [-0.25, -0.2) is 14.8 Å². The number of carbonyl (C=O) groups excluding carboxylic acids is 1. The lowest BCUT2D eigenvalue weighted by molar-refractivity contribution is 0.0979. The van der Waals surface area contributed by atoms with E-state index < -0.39 is 6.09 Å². The number of hydrogen-bond acceptors (Lipinski definition) is 7. The number of aryl methyl sites for hydroxylation is 1. The minimum Gasteiger partial charge on any atom is -0.507 e. The number of aromatic hydroxyl groups is 1. The van der Waals surface area contributed by atoms with Gasteiger partial charge in [0, 0.05) is 32.1 Å². The molecule has 2 aromatic carbocycles. The van der Waals surface area contributed by atoms with Crippen molar-refractivity contribution in [3.63, 3.8) is 0 Å². The number of carbonyl (C=O) groups is 1. The maximum Gasteiger partial charge on any atom is 0.407 e. The number of fused-ring (bicyclic) bond motifs is 1. The maximum absolute atomic E-state index is 11.8. The molecule has 9 heteroatoms. The molecule has 2 heterocycles. The van der Waals surface area contributed by atoms with Gasteiger partial charge in [0.05, 0.1) is 17.7 Å². The summed E-state index contributed by atoms with van der Waals surface area (Å²) in [5.74, 6) is 1.79. The van der Waals surface area contributed by atoms with Crippen molar-refractivity contribution in [2.75, 3.05) is 44.9 Å². The van der Waals surface area contributed by atoms with Gasteiger partial charge in [-0.15, -0.1) is 12.4 Å². The summed E-state index contributed by atoms with van der Waals surface area (Å²) >= 11 is 0. The first-order valence-electron chi connectivity index (χ1n) is 10.8. The molecule has 1 fully saturated rings. The molecule has 1 aliphatic heterocycles. The molecule has 176 valence electrons. The number of halogens is 1. The first kappa shape index (κ1) is 24.5. The molecule has 33 heavy (non-hydrogen) atoms. The highest BCUT2D eigenvalue weighted by Gasteiger charge is 2.26. The van der Waals surface area contributed by atoms with Gasteiger partial charge in [-0.3, -0.25) is 0 Å². The largest absolute Gasteiger partial charge is 0.507 e. The summed E-state index contributed by atoms with van der Waals surface area (Å²) in [7, 11) is 1.57. The van der Waals surface area contributed by atoms with E-state index in [1.807, 2.05) is 31.2 Å². The van der Waals surface area contributed by atoms with Crippen LogP contribution in [0, 0.1) is 12.8 Å². The summed E-state index contributed by atoms with van der Waals surface area (Å²) < 4.78 is 9.95. The number of nitrogens with zero attached hydrogens (tertiary/aromatic N) is 3. The van der Waals surface area contributed by atoms with E-state index in [9.17, 15) is 9.90 Å². The van der Waals surface area contributed by atoms with Crippen molar-refractivity contribution in [2.24, 2.45) is 5.92 Å². The van der Waals surface area contributed by atoms with Gasteiger partial charge in [0.2, 0.25) is 0 Å². The molecular formula is C24H29ClN4O4. The van der Waals surface area contributed by atoms with Gasteiger partial charge >= 0.3 is 6.09 Å². The van der Waals surface area contributed by atoms with E-state index in [0.29, 0.717) is 24.5 Å². The van der Waals surface area contributed by atoms with Crippen LogP contribution >= 0.6 is 12.4 Å². The molecule has 1 aliphatic rings. The molecule has 0 bridgehead atoms. The van der Waals surface area contributed by atoms with Crippen molar-refractivity contribution in [3.05, 3.63) is 48.0 Å². The number of ether oxygens (including phenoxy) is 2. The van der Waals surface area contributed by atoms with Crippen molar-refractivity contribution >= 4 is 35.2 Å². The Kier molecular flexibility index (Phi) is 8.30. The highest BCUT2D eigenvalue weighted by atomic mass is 35.5. The Hall–Kier alpha value is -3.10. The van der Waals surface area contributed by atoms with E-state index in [1.54, 1.807) is 19.2 Å². The molecule has 8 nitrogen and oxygen atoms in total. The van der Waals surface area contributed by atoms with Crippen molar-refractivity contribution in [1.82, 2.24) is 15.3 Å². The quantitative estimate of drug-likeness (QED) is 0.503. The summed E-state index contributed by atoms with van der Waals surface area (Å²) in [5.41, 5.74) is 2.56. The van der Waals surface area contributed by atoms with E-state index >= 15 is 0 Å². The molecule has 4 rings (SSSR count). The van der Waals surface area contributed by atoms with Crippen LogP contribution in [-0.2, 0) is 9.47 Å². The standard InChI is InChI=1S/C24H28N4O4.ClH/c1-16-7-8-18-20(13-16)26-22(19-5-3-4-6-21(19)29)27-23(18)28-10-9-17(15-28)14-25-24(30)32-12-11-31-2;/h3-8,13,17,29H,9-12,14-15H2,1-2H3,(H,25,30);1H/t17-;/m0./s1. The van der Waals surface area contributed by atoms with Crippen LogP contribution in [0.5, 0.6) is 5.75 Å². The predicted octanol–water partition coefficient (Wildman–Crippen LogP) is 3.93. The summed E-state index contributed by atoms with van der Waals surface area (Å²) in [6.07, 6.45) is 0.507. The van der Waals surface area contributed by atoms with Gasteiger partial charge < -0.3 is 24.8 Å². The topological polar surface area (TPSA) is 96.8 Å². The Labute approximate surface area is 199 Å². The number of rotatable bonds is 7. The van der Waals surface area contributed by atoms with Crippen molar-refractivity contribution in [1.29, 1.82) is 0 Å². The number of phenolic OH excluding ortho intramolecular Hbond substituents is 1. The second kappa shape index (κ2) is 11.2. The number of aromatic nitrogens is 2. The molecule has 3 aromatic rings. The van der Waals surface area contributed by atoms with Crippen LogP contribution in [-0.4, -0.2) is 61.1 Å². The number of phenols is 1. The Morgan fingerprint density at radius 3 is 2.82 bits per heavy atom. The Morgan fingerprint density at radius 1 is 1.21 bits per heavy atom. The molecule has 0 aliphatic carbocycles. The molecule has 0 unspecified atom stereocenters. The zero-order chi connectivity index (χ0) is 22.5. The molecule has 1 saturated heterocycles. The number of nitrogens with one attached hydrogen (secondary N) is 1. The third kappa shape index (κ3) is 5.83. The maximum atomic E-state index is 11.8. The van der Waals surface area contributed by atoms with Crippen LogP contribution in [0.3, 0.4) is 0 Å². The normalized spacial score (nSPS) is 15.3. The SMILES string of the molecule is COCCOC(=O)NC[C@@H]1CCN(c2nc(-c3ccccc3O)nc3cc(C)ccc23)C1.Cl. The average molecular weight is 473 g/mol. The summed E-state index contributed by atoms with van der Waals surface area (Å²) in [6, 6.07) is 13.2. The van der Waals surface area contributed by atoms with Crippen LogP contribution in [0.25, 0.3) is 22.3 Å². The third-order valence-electron chi connectivity index (χ3n) is 5.62. The first-order valence-corrected chi connectivity index (χ1v) is 10.8. The number of anilines is 1. The van der Waals surface area contributed by atoms with Gasteiger partial charge in [0.25, 0.3) is 0 Å². The minimum atomic E-state index is -0.426. The Bertz CT molecular complexity index is 1110. The second-order valence-electron chi connectivity index (χ2n) is 8.02. The molecule has 1 amide bonds. The zero-order valence-corrected chi connectivity index (χ0v) is 19.6. The average Bonchev–Trinajstić information content (AvgIpc) is 3.26. The van der Waals surface area contributed by atoms with Crippen LogP contribution < -0.4 is 10.2 Å². The van der Waals surface area contributed by atoms with Crippen LogP contribution in [0.15, 0.2) is 42.5 Å². The zero-order valence-electron chi connectivity index (χ0n) is 18.8. The van der Waals surface area contributed by atoms with E-state index in [1.165, 1.54) is 0 Å². The monoisotopic (exact) mass is 472 g/mol. The Morgan fingerprint density at radius 2 is 2.03 bits per heavy atom. The predicted molar refractivity (Wildman–Crippen MR) is 130 cm³/mol. The van der Waals surface area contributed by atoms with Crippen LogP contribution in [0.4, 0.5) is 10.6 Å². The minimum absolute atomic E-state index is 0. The fraction of sp³-hybridized carbons (Fsp3) is 0.375. The molecule has 0 saturated carbocycles. The second-order valence-corrected chi connectivity index (χ2v) is 8.02. The number of alkyl carbamates (subject to hydrolysis) is 1. The van der Waals surface area contributed by atoms with Crippen molar-refractivity contribution in [2.45, 2.75) is 13.3 Å². The van der Waals surface area contributed by atoms with E-state index in [-0.39, 0.29) is 30.7 Å². The van der Waals surface area contributed by atoms with Gasteiger partial charge in [0.1, 0.15) is 18.2 Å². The fourth-order valence-electron chi connectivity index (χ4n) is 3.94.